The van der Waals surface area contributed by atoms with Gasteiger partial charge in [0, 0.05) is 49.8 Å². The summed E-state index contributed by atoms with van der Waals surface area (Å²) in [5.74, 6) is 0. The summed E-state index contributed by atoms with van der Waals surface area (Å²) in [6.07, 6.45) is -1.15. The minimum atomic E-state index is -4.83. The number of nitrogens with one attached hydrogen (secondary N) is 2. The average molecular weight is 564 g/mol. The fourth-order valence-corrected chi connectivity index (χ4v) is 6.76. The van der Waals surface area contributed by atoms with E-state index in [0.29, 0.717) is 6.42 Å². The molecule has 7 atom stereocenters. The van der Waals surface area contributed by atoms with Gasteiger partial charge in [-0.15, -0.1) is 4.78 Å². The number of rotatable bonds is 8. The van der Waals surface area contributed by atoms with Crippen LogP contribution in [0.15, 0.2) is 21.9 Å². The van der Waals surface area contributed by atoms with Crippen LogP contribution in [0.1, 0.15) is 65.5 Å². The minimum Gasteiger partial charge on any atom is -0.390 e. The van der Waals surface area contributed by atoms with Gasteiger partial charge in [0.2, 0.25) is 0 Å². The van der Waals surface area contributed by atoms with Gasteiger partial charge in [-0.25, -0.2) is 18.8 Å². The van der Waals surface area contributed by atoms with E-state index in [9.17, 15) is 33.4 Å². The zero-order valence-corrected chi connectivity index (χ0v) is 22.8. The van der Waals surface area contributed by atoms with E-state index in [2.05, 4.69) is 10.3 Å². The molecule has 3 fully saturated rings. The Bertz CT molecular complexity index is 1130. The van der Waals surface area contributed by atoms with Crippen molar-refractivity contribution in [2.45, 2.75) is 108 Å². The monoisotopic (exact) mass is 563 g/mol. The molecule has 3 aliphatic rings. The van der Waals surface area contributed by atoms with E-state index in [1.165, 1.54) is 21.8 Å². The Kier molecular flexibility index (Phi) is 8.97. The molecule has 0 radical (unpaired) electrons. The van der Waals surface area contributed by atoms with Gasteiger partial charge in [-0.1, -0.05) is 0 Å². The number of hydrogen-bond donors (Lipinski definition) is 5. The maximum Gasteiger partial charge on any atom is 0.416 e. The van der Waals surface area contributed by atoms with Gasteiger partial charge in [-0.3, -0.25) is 19.7 Å². The molecule has 5 N–H and O–H groups in total. The Morgan fingerprint density at radius 2 is 2.00 bits per heavy atom. The molecule has 1 aromatic rings. The molecule has 0 amide bonds. The van der Waals surface area contributed by atoms with Crippen molar-refractivity contribution in [1.82, 2.24) is 24.7 Å². The number of nitrogens with zero attached hydrogens (tertiary/aromatic N) is 3. The van der Waals surface area contributed by atoms with E-state index >= 15 is 0 Å². The molecular weight excluding hydrogens is 524 g/mol. The van der Waals surface area contributed by atoms with E-state index < -0.39 is 55.9 Å². The SMILES string of the molecule is CC1CC(C)(C)NC(CCN(N2CC(F)CCC2C[C@H]2O[C@@H](n3ccc(=O)[nH]c3=O)C[C@@H]2O)P(=O)(O)O)O1. The van der Waals surface area contributed by atoms with Gasteiger partial charge in [0.25, 0.3) is 5.56 Å². The standard InChI is InChI=1S/C23H39FN5O8P/c1-14-12-23(2,3)26-20(36-14)7-9-29(38(33,34)35)28-13-15(24)4-5-16(28)10-18-17(30)11-21(37-18)27-8-6-19(31)25-22(27)32/h6,8,14-18,20-21,26,30H,4-5,7,9-13H2,1-3H3,(H,25,31,32)(H2,33,34,35)/t14?,15?,16?,17-,18+,20?,21+/m0/s1. The molecule has 4 unspecified atom stereocenters. The molecule has 216 valence electrons. The van der Waals surface area contributed by atoms with Crippen LogP contribution >= 0.6 is 7.75 Å². The first-order valence-electron chi connectivity index (χ1n) is 13.0. The highest BCUT2D eigenvalue weighted by molar-refractivity contribution is 7.49. The van der Waals surface area contributed by atoms with Crippen LogP contribution in [0.25, 0.3) is 0 Å². The van der Waals surface area contributed by atoms with Gasteiger partial charge >= 0.3 is 13.4 Å². The Hall–Kier alpha value is -1.48. The highest BCUT2D eigenvalue weighted by Gasteiger charge is 2.44. The van der Waals surface area contributed by atoms with Crippen LogP contribution in [0.3, 0.4) is 0 Å². The number of H-pyrrole nitrogens is 1. The molecule has 38 heavy (non-hydrogen) atoms. The number of alkyl halides is 1. The molecule has 15 heteroatoms. The summed E-state index contributed by atoms with van der Waals surface area (Å²) in [7, 11) is -4.83. The number of aromatic nitrogens is 2. The van der Waals surface area contributed by atoms with Crippen LogP contribution in [-0.2, 0) is 14.0 Å². The number of hydrazine groups is 1. The van der Waals surface area contributed by atoms with E-state index in [1.807, 2.05) is 20.8 Å². The fourth-order valence-electron chi connectivity index (χ4n) is 5.87. The highest BCUT2D eigenvalue weighted by Crippen LogP contribution is 2.45. The second kappa shape index (κ2) is 11.6. The third kappa shape index (κ3) is 7.18. The van der Waals surface area contributed by atoms with E-state index in [1.54, 1.807) is 0 Å². The molecule has 3 saturated heterocycles. The first-order chi connectivity index (χ1) is 17.7. The Morgan fingerprint density at radius 1 is 1.26 bits per heavy atom. The minimum absolute atomic E-state index is 0.0263. The predicted octanol–water partition coefficient (Wildman–Crippen LogP) is 0.581. The van der Waals surface area contributed by atoms with Gasteiger partial charge in [0.05, 0.1) is 18.3 Å². The summed E-state index contributed by atoms with van der Waals surface area (Å²) < 4.78 is 41.1. The second-order valence-corrected chi connectivity index (χ2v) is 12.7. The van der Waals surface area contributed by atoms with E-state index in [0.717, 1.165) is 11.2 Å². The van der Waals surface area contributed by atoms with Crippen LogP contribution in [0.5, 0.6) is 0 Å². The summed E-state index contributed by atoms with van der Waals surface area (Å²) in [6.45, 7) is 5.75. The third-order valence-electron chi connectivity index (χ3n) is 7.42. The molecule has 0 aliphatic carbocycles. The Balaban J connectivity index is 1.47. The number of aliphatic hydroxyl groups is 1. The number of aliphatic hydroxyl groups excluding tert-OH is 1. The lowest BCUT2D eigenvalue weighted by Gasteiger charge is -2.46. The summed E-state index contributed by atoms with van der Waals surface area (Å²) in [5.41, 5.74) is -1.42. The molecule has 3 aliphatic heterocycles. The highest BCUT2D eigenvalue weighted by atomic mass is 31.2. The van der Waals surface area contributed by atoms with Crippen LogP contribution in [0, 0.1) is 0 Å². The topological polar surface area (TPSA) is 170 Å². The van der Waals surface area contributed by atoms with Gasteiger partial charge in [-0.05, 0) is 46.5 Å². The van der Waals surface area contributed by atoms with Crippen molar-refractivity contribution in [3.05, 3.63) is 33.1 Å². The number of hydrogen-bond acceptors (Lipinski definition) is 8. The Morgan fingerprint density at radius 3 is 2.66 bits per heavy atom. The number of halogens is 1. The Labute approximate surface area is 220 Å². The zero-order valence-electron chi connectivity index (χ0n) is 21.9. The molecule has 13 nitrogen and oxygen atoms in total. The van der Waals surface area contributed by atoms with E-state index in [4.69, 9.17) is 9.47 Å². The first-order valence-corrected chi connectivity index (χ1v) is 14.6. The molecular formula is C23H39FN5O8P. The average Bonchev–Trinajstić information content (AvgIpc) is 3.13. The summed E-state index contributed by atoms with van der Waals surface area (Å²) in [5, 5.41) is 15.4. The van der Waals surface area contributed by atoms with Crippen molar-refractivity contribution >= 4 is 7.75 Å². The lowest BCUT2D eigenvalue weighted by atomic mass is 9.95. The zero-order chi connectivity index (χ0) is 27.8. The van der Waals surface area contributed by atoms with Gasteiger partial charge in [-0.2, -0.15) is 0 Å². The van der Waals surface area contributed by atoms with Crippen LogP contribution in [-0.4, -0.2) is 89.6 Å². The maximum absolute atomic E-state index is 14.5. The number of aromatic amines is 1. The van der Waals surface area contributed by atoms with Crippen molar-refractivity contribution in [3.63, 3.8) is 0 Å². The molecule has 1 aromatic heterocycles. The second-order valence-electron chi connectivity index (χ2n) is 11.2. The molecule has 4 rings (SSSR count). The van der Waals surface area contributed by atoms with Crippen LogP contribution in [0.2, 0.25) is 0 Å². The lowest BCUT2D eigenvalue weighted by Crippen LogP contribution is -2.57. The van der Waals surface area contributed by atoms with Crippen molar-refractivity contribution in [2.24, 2.45) is 0 Å². The summed E-state index contributed by atoms with van der Waals surface area (Å²) >= 11 is 0. The maximum atomic E-state index is 14.5. The molecule has 0 aromatic carbocycles. The lowest BCUT2D eigenvalue weighted by molar-refractivity contribution is -0.112. The molecule has 0 spiro atoms. The number of piperidine rings is 1. The molecule has 0 bridgehead atoms. The van der Waals surface area contributed by atoms with Gasteiger partial charge < -0.3 is 24.4 Å². The van der Waals surface area contributed by atoms with Gasteiger partial charge in [0.15, 0.2) is 0 Å². The predicted molar refractivity (Wildman–Crippen MR) is 135 cm³/mol. The molecule has 4 heterocycles. The first kappa shape index (κ1) is 29.5. The van der Waals surface area contributed by atoms with Crippen LogP contribution in [0.4, 0.5) is 4.39 Å². The quantitative estimate of drug-likeness (QED) is 0.281. The van der Waals surface area contributed by atoms with Crippen molar-refractivity contribution < 1.29 is 33.3 Å². The van der Waals surface area contributed by atoms with E-state index in [-0.39, 0.29) is 50.4 Å². The van der Waals surface area contributed by atoms with Crippen molar-refractivity contribution in [1.29, 1.82) is 0 Å². The van der Waals surface area contributed by atoms with Crippen molar-refractivity contribution in [2.75, 3.05) is 13.1 Å². The largest absolute Gasteiger partial charge is 0.416 e. The van der Waals surface area contributed by atoms with Crippen LogP contribution < -0.4 is 16.6 Å². The van der Waals surface area contributed by atoms with Crippen molar-refractivity contribution in [3.8, 4) is 0 Å². The summed E-state index contributed by atoms with van der Waals surface area (Å²) in [4.78, 5) is 46.2. The smallest absolute Gasteiger partial charge is 0.390 e. The third-order valence-corrected chi connectivity index (χ3v) is 8.46. The number of ether oxygens (including phenoxy) is 2. The van der Waals surface area contributed by atoms with Gasteiger partial charge in [0.1, 0.15) is 18.6 Å². The molecule has 0 saturated carbocycles. The normalized spacial score (nSPS) is 34.6. The fraction of sp³-hybridized carbons (Fsp3) is 0.826. The summed E-state index contributed by atoms with van der Waals surface area (Å²) in [6, 6.07) is 0.662.